The van der Waals surface area contributed by atoms with Gasteiger partial charge in [0.1, 0.15) is 0 Å². The van der Waals surface area contributed by atoms with Crippen molar-refractivity contribution in [3.63, 3.8) is 0 Å². The van der Waals surface area contributed by atoms with E-state index in [0.717, 1.165) is 13.0 Å². The van der Waals surface area contributed by atoms with Gasteiger partial charge in [0.2, 0.25) is 0 Å². The van der Waals surface area contributed by atoms with Crippen LogP contribution < -0.4 is 5.32 Å². The Morgan fingerprint density at radius 2 is 2.25 bits per heavy atom. The highest BCUT2D eigenvalue weighted by molar-refractivity contribution is 7.99. The molecule has 2 heteroatoms. The van der Waals surface area contributed by atoms with Crippen LogP contribution in [0.15, 0.2) is 12.2 Å². The summed E-state index contributed by atoms with van der Waals surface area (Å²) in [5.74, 6) is 2.43. The minimum absolute atomic E-state index is 0.634. The zero-order chi connectivity index (χ0) is 9.40. The molecule has 0 rings (SSSR count). The van der Waals surface area contributed by atoms with Crippen LogP contribution in [0.3, 0.4) is 0 Å². The number of hydrogen-bond donors (Lipinski definition) is 1. The molecule has 12 heavy (non-hydrogen) atoms. The molecular formula is C10H21NS. The average molecular weight is 187 g/mol. The van der Waals surface area contributed by atoms with Crippen molar-refractivity contribution in [1.29, 1.82) is 0 Å². The molecule has 0 aromatic rings. The van der Waals surface area contributed by atoms with Crippen molar-refractivity contribution in [3.8, 4) is 0 Å². The van der Waals surface area contributed by atoms with Crippen LogP contribution in [0.2, 0.25) is 0 Å². The van der Waals surface area contributed by atoms with Crippen molar-refractivity contribution in [3.05, 3.63) is 12.2 Å². The monoisotopic (exact) mass is 187 g/mol. The minimum atomic E-state index is 0.634. The average Bonchev–Trinajstić information content (AvgIpc) is 2.00. The van der Waals surface area contributed by atoms with E-state index in [0.29, 0.717) is 6.04 Å². The third-order valence-corrected chi connectivity index (χ3v) is 2.76. The van der Waals surface area contributed by atoms with Crippen molar-refractivity contribution in [1.82, 2.24) is 5.32 Å². The fraction of sp³-hybridized carbons (Fsp3) is 0.800. The molecule has 0 radical (unpaired) electrons. The zero-order valence-corrected chi connectivity index (χ0v) is 9.34. The van der Waals surface area contributed by atoms with Crippen LogP contribution in [0.4, 0.5) is 0 Å². The Morgan fingerprint density at radius 1 is 1.58 bits per heavy atom. The first kappa shape index (κ1) is 12.0. The summed E-state index contributed by atoms with van der Waals surface area (Å²) in [5.41, 5.74) is 1.26. The fourth-order valence-electron chi connectivity index (χ4n) is 0.886. The molecule has 0 aliphatic rings. The highest BCUT2D eigenvalue weighted by atomic mass is 32.2. The van der Waals surface area contributed by atoms with Gasteiger partial charge in [-0.15, -0.1) is 6.58 Å². The Balaban J connectivity index is 3.19. The van der Waals surface area contributed by atoms with Crippen LogP contribution in [0.5, 0.6) is 0 Å². The lowest BCUT2D eigenvalue weighted by molar-refractivity contribution is 0.596. The summed E-state index contributed by atoms with van der Waals surface area (Å²) in [5, 5.41) is 3.47. The molecular weight excluding hydrogens is 166 g/mol. The van der Waals surface area contributed by atoms with Crippen molar-refractivity contribution in [2.45, 2.75) is 33.2 Å². The second kappa shape index (κ2) is 7.69. The second-order valence-corrected chi connectivity index (χ2v) is 4.54. The summed E-state index contributed by atoms with van der Waals surface area (Å²) < 4.78 is 0. The molecule has 0 aromatic heterocycles. The molecule has 0 bridgehead atoms. The van der Waals surface area contributed by atoms with Crippen molar-refractivity contribution in [2.75, 3.05) is 18.1 Å². The van der Waals surface area contributed by atoms with Crippen LogP contribution in [0.1, 0.15) is 27.2 Å². The normalized spacial score (nSPS) is 12.9. The van der Waals surface area contributed by atoms with Crippen LogP contribution in [-0.2, 0) is 0 Å². The molecule has 1 atom stereocenters. The first-order valence-electron chi connectivity index (χ1n) is 4.62. The fourth-order valence-corrected chi connectivity index (χ4v) is 1.59. The predicted octanol–water partition coefficient (Wildman–Crippen LogP) is 2.68. The van der Waals surface area contributed by atoms with E-state index in [-0.39, 0.29) is 0 Å². The van der Waals surface area contributed by atoms with Gasteiger partial charge in [0, 0.05) is 11.8 Å². The molecule has 0 aliphatic carbocycles. The predicted molar refractivity (Wildman–Crippen MR) is 59.9 cm³/mol. The third kappa shape index (κ3) is 8.15. The summed E-state index contributed by atoms with van der Waals surface area (Å²) in [7, 11) is 0. The Kier molecular flexibility index (Phi) is 7.72. The molecule has 1 nitrogen and oxygen atoms in total. The topological polar surface area (TPSA) is 12.0 Å². The largest absolute Gasteiger partial charge is 0.313 e. The lowest BCUT2D eigenvalue weighted by atomic mass is 10.2. The Labute approximate surface area is 81.0 Å². The van der Waals surface area contributed by atoms with Gasteiger partial charge in [0.25, 0.3) is 0 Å². The van der Waals surface area contributed by atoms with E-state index >= 15 is 0 Å². The third-order valence-electron chi connectivity index (χ3n) is 1.62. The maximum absolute atomic E-state index is 3.87. The van der Waals surface area contributed by atoms with E-state index in [2.05, 4.69) is 32.7 Å². The summed E-state index contributed by atoms with van der Waals surface area (Å²) in [6.07, 6.45) is 1.10. The Morgan fingerprint density at radius 3 is 2.75 bits per heavy atom. The zero-order valence-electron chi connectivity index (χ0n) is 8.52. The van der Waals surface area contributed by atoms with Gasteiger partial charge < -0.3 is 5.32 Å². The maximum atomic E-state index is 3.87. The van der Waals surface area contributed by atoms with Crippen LogP contribution in [-0.4, -0.2) is 24.1 Å². The number of rotatable bonds is 7. The van der Waals surface area contributed by atoms with E-state index in [4.69, 9.17) is 0 Å². The van der Waals surface area contributed by atoms with Crippen LogP contribution in [0, 0.1) is 0 Å². The number of hydrogen-bond acceptors (Lipinski definition) is 2. The van der Waals surface area contributed by atoms with E-state index in [1.165, 1.54) is 17.1 Å². The molecule has 0 saturated carbocycles. The van der Waals surface area contributed by atoms with Gasteiger partial charge in [-0.25, -0.2) is 0 Å². The molecule has 1 unspecified atom stereocenters. The molecule has 1 N–H and O–H groups in total. The SMILES string of the molecule is C=C(C)CCNC(C)CSCC. The molecule has 72 valence electrons. The van der Waals surface area contributed by atoms with E-state index < -0.39 is 0 Å². The van der Waals surface area contributed by atoms with Crippen molar-refractivity contribution < 1.29 is 0 Å². The highest BCUT2D eigenvalue weighted by Crippen LogP contribution is 2.01. The van der Waals surface area contributed by atoms with Gasteiger partial charge in [-0.3, -0.25) is 0 Å². The molecule has 0 saturated heterocycles. The van der Waals surface area contributed by atoms with Gasteiger partial charge in [0.05, 0.1) is 0 Å². The molecule has 0 amide bonds. The van der Waals surface area contributed by atoms with Crippen LogP contribution >= 0.6 is 11.8 Å². The van der Waals surface area contributed by atoms with Crippen molar-refractivity contribution >= 4 is 11.8 Å². The van der Waals surface area contributed by atoms with Crippen LogP contribution in [0.25, 0.3) is 0 Å². The van der Waals surface area contributed by atoms with Crippen molar-refractivity contribution in [2.24, 2.45) is 0 Å². The number of thioether (sulfide) groups is 1. The van der Waals surface area contributed by atoms with E-state index in [1.54, 1.807) is 0 Å². The standard InChI is InChI=1S/C10H21NS/c1-5-12-8-10(4)11-7-6-9(2)3/h10-11H,2,5-8H2,1,3-4H3. The summed E-state index contributed by atoms with van der Waals surface area (Å²) in [6.45, 7) is 11.5. The number of nitrogens with one attached hydrogen (secondary N) is 1. The maximum Gasteiger partial charge on any atom is 0.0130 e. The van der Waals surface area contributed by atoms with E-state index in [9.17, 15) is 0 Å². The molecule has 0 spiro atoms. The van der Waals surface area contributed by atoms with Gasteiger partial charge in [-0.2, -0.15) is 11.8 Å². The Hall–Kier alpha value is 0.0500. The first-order chi connectivity index (χ1) is 5.66. The second-order valence-electron chi connectivity index (χ2n) is 3.22. The lowest BCUT2D eigenvalue weighted by Crippen LogP contribution is -2.29. The van der Waals surface area contributed by atoms with Gasteiger partial charge in [-0.05, 0) is 32.6 Å². The first-order valence-corrected chi connectivity index (χ1v) is 5.77. The molecule has 0 fully saturated rings. The van der Waals surface area contributed by atoms with Gasteiger partial charge in [0.15, 0.2) is 0 Å². The Bertz CT molecular complexity index is 123. The smallest absolute Gasteiger partial charge is 0.0130 e. The van der Waals surface area contributed by atoms with E-state index in [1.807, 2.05) is 11.8 Å². The summed E-state index contributed by atoms with van der Waals surface area (Å²) in [6, 6.07) is 0.634. The molecule has 0 heterocycles. The molecule has 0 aliphatic heterocycles. The summed E-state index contributed by atoms with van der Waals surface area (Å²) in [4.78, 5) is 0. The highest BCUT2D eigenvalue weighted by Gasteiger charge is 1.98. The lowest BCUT2D eigenvalue weighted by Gasteiger charge is -2.12. The quantitative estimate of drug-likeness (QED) is 0.615. The molecule has 0 aromatic carbocycles. The summed E-state index contributed by atoms with van der Waals surface area (Å²) >= 11 is 1.99. The minimum Gasteiger partial charge on any atom is -0.313 e. The van der Waals surface area contributed by atoms with Gasteiger partial charge >= 0.3 is 0 Å². The van der Waals surface area contributed by atoms with Gasteiger partial charge in [-0.1, -0.05) is 12.5 Å².